The van der Waals surface area contributed by atoms with E-state index in [1.54, 1.807) is 0 Å². The van der Waals surface area contributed by atoms with Crippen LogP contribution in [0.5, 0.6) is 0 Å². The van der Waals surface area contributed by atoms with Crippen molar-refractivity contribution in [2.24, 2.45) is 0 Å². The lowest BCUT2D eigenvalue weighted by atomic mass is 9.71. The molecule has 2 heterocycles. The summed E-state index contributed by atoms with van der Waals surface area (Å²) in [4.78, 5) is 17.5. The summed E-state index contributed by atoms with van der Waals surface area (Å²) in [6, 6.07) is 26.1. The van der Waals surface area contributed by atoms with E-state index < -0.39 is 5.60 Å². The monoisotopic (exact) mass is 572 g/mol. The zero-order valence-corrected chi connectivity index (χ0v) is 23.8. The van der Waals surface area contributed by atoms with Crippen molar-refractivity contribution in [2.45, 2.75) is 49.7 Å². The van der Waals surface area contributed by atoms with Crippen LogP contribution in [0, 0.1) is 0 Å². The zero-order chi connectivity index (χ0) is 25.9. The summed E-state index contributed by atoms with van der Waals surface area (Å²) < 4.78 is 0. The minimum absolute atomic E-state index is 0. The fourth-order valence-corrected chi connectivity index (χ4v) is 6.25. The molecule has 0 saturated carbocycles. The Morgan fingerprint density at radius 2 is 1.47 bits per heavy atom. The minimum atomic E-state index is -0.761. The number of carbonyl (C=O) groups excluding carboxylic acids is 1. The van der Waals surface area contributed by atoms with Crippen molar-refractivity contribution in [3.8, 4) is 0 Å². The third-order valence-electron chi connectivity index (χ3n) is 8.31. The molecule has 0 radical (unpaired) electrons. The van der Waals surface area contributed by atoms with Gasteiger partial charge in [-0.1, -0.05) is 89.9 Å². The molecule has 1 unspecified atom stereocenters. The molecule has 2 fully saturated rings. The first-order valence-corrected chi connectivity index (χ1v) is 13.9. The van der Waals surface area contributed by atoms with Crippen molar-refractivity contribution in [1.29, 1.82) is 0 Å². The Labute approximate surface area is 242 Å². The van der Waals surface area contributed by atoms with Gasteiger partial charge in [-0.2, -0.15) is 0 Å². The van der Waals surface area contributed by atoms with Gasteiger partial charge in [0.2, 0.25) is 5.91 Å². The van der Waals surface area contributed by atoms with E-state index >= 15 is 0 Å². The van der Waals surface area contributed by atoms with Crippen LogP contribution in [0.15, 0.2) is 78.9 Å². The number of likely N-dealkylation sites (tertiary alicyclic amines) is 2. The standard InChI is InChI=1S/C31H34Cl2N2O2.ClH/c32-27-12-11-26(21-28(27)33)30(14-13-29(36)35(23-30)22-24-7-3-1-4-8-24)15-18-34-19-16-31(37,17-20-34)25-9-5-2-6-10-25;/h1-12,21,37H,13-20,22-23H2;1H. The molecule has 3 aromatic carbocycles. The van der Waals surface area contributed by atoms with E-state index in [1.807, 2.05) is 65.6 Å². The van der Waals surface area contributed by atoms with E-state index in [-0.39, 0.29) is 23.7 Å². The van der Waals surface area contributed by atoms with Crippen LogP contribution in [-0.4, -0.2) is 47.0 Å². The molecule has 2 saturated heterocycles. The third kappa shape index (κ3) is 6.38. The van der Waals surface area contributed by atoms with Gasteiger partial charge < -0.3 is 14.9 Å². The molecule has 0 aromatic heterocycles. The van der Waals surface area contributed by atoms with Gasteiger partial charge >= 0.3 is 0 Å². The second kappa shape index (κ2) is 12.4. The molecule has 0 aliphatic carbocycles. The number of halogens is 3. The molecular weight excluding hydrogens is 539 g/mol. The molecule has 7 heteroatoms. The summed E-state index contributed by atoms with van der Waals surface area (Å²) in [5.74, 6) is 0.199. The molecular formula is C31H35Cl3N2O2. The molecule has 1 N–H and O–H groups in total. The van der Waals surface area contributed by atoms with Gasteiger partial charge in [0.15, 0.2) is 0 Å². The second-order valence-electron chi connectivity index (χ2n) is 10.6. The lowest BCUT2D eigenvalue weighted by Crippen LogP contribution is -2.50. The van der Waals surface area contributed by atoms with E-state index in [9.17, 15) is 9.90 Å². The van der Waals surface area contributed by atoms with E-state index in [0.29, 0.717) is 29.6 Å². The number of carbonyl (C=O) groups is 1. The van der Waals surface area contributed by atoms with Crippen molar-refractivity contribution < 1.29 is 9.90 Å². The van der Waals surface area contributed by atoms with Gasteiger partial charge in [-0.15, -0.1) is 12.4 Å². The van der Waals surface area contributed by atoms with Gasteiger partial charge in [-0.3, -0.25) is 4.79 Å². The SMILES string of the molecule is Cl.O=C1CCC(CCN2CCC(O)(c3ccccc3)CC2)(c2ccc(Cl)c(Cl)c2)CN1Cc1ccccc1. The largest absolute Gasteiger partial charge is 0.385 e. The van der Waals surface area contributed by atoms with Crippen molar-refractivity contribution in [1.82, 2.24) is 9.80 Å². The highest BCUT2D eigenvalue weighted by molar-refractivity contribution is 6.42. The third-order valence-corrected chi connectivity index (χ3v) is 9.05. The predicted molar refractivity (Wildman–Crippen MR) is 157 cm³/mol. The van der Waals surface area contributed by atoms with Gasteiger partial charge in [-0.05, 0) is 61.1 Å². The maximum absolute atomic E-state index is 13.0. The summed E-state index contributed by atoms with van der Waals surface area (Å²) in [5.41, 5.74) is 2.32. The number of hydrogen-bond donors (Lipinski definition) is 1. The smallest absolute Gasteiger partial charge is 0.222 e. The lowest BCUT2D eigenvalue weighted by Gasteiger charge is -2.45. The first kappa shape index (κ1) is 28.9. The summed E-state index contributed by atoms with van der Waals surface area (Å²) >= 11 is 12.7. The van der Waals surface area contributed by atoms with Gasteiger partial charge in [0.1, 0.15) is 0 Å². The highest BCUT2D eigenvalue weighted by Crippen LogP contribution is 2.41. The van der Waals surface area contributed by atoms with Crippen molar-refractivity contribution in [3.63, 3.8) is 0 Å². The molecule has 5 rings (SSSR count). The topological polar surface area (TPSA) is 43.8 Å². The minimum Gasteiger partial charge on any atom is -0.385 e. The summed E-state index contributed by atoms with van der Waals surface area (Å²) in [7, 11) is 0. The molecule has 4 nitrogen and oxygen atoms in total. The molecule has 1 atom stereocenters. The summed E-state index contributed by atoms with van der Waals surface area (Å²) in [5, 5.41) is 12.4. The highest BCUT2D eigenvalue weighted by atomic mass is 35.5. The Hall–Kier alpha value is -2.08. The zero-order valence-electron chi connectivity index (χ0n) is 21.5. The van der Waals surface area contributed by atoms with E-state index in [0.717, 1.165) is 62.0 Å². The predicted octanol–water partition coefficient (Wildman–Crippen LogP) is 6.85. The number of nitrogens with zero attached hydrogens (tertiary/aromatic N) is 2. The molecule has 1 amide bonds. The highest BCUT2D eigenvalue weighted by Gasteiger charge is 2.41. The van der Waals surface area contributed by atoms with Crippen LogP contribution < -0.4 is 0 Å². The number of aliphatic hydroxyl groups is 1. The summed E-state index contributed by atoms with van der Waals surface area (Å²) in [6.07, 6.45) is 3.65. The summed E-state index contributed by atoms with van der Waals surface area (Å²) in [6.45, 7) is 3.85. The second-order valence-corrected chi connectivity index (χ2v) is 11.4. The van der Waals surface area contributed by atoms with Crippen LogP contribution in [0.4, 0.5) is 0 Å². The first-order valence-electron chi connectivity index (χ1n) is 13.1. The maximum Gasteiger partial charge on any atom is 0.222 e. The Morgan fingerprint density at radius 3 is 2.13 bits per heavy atom. The van der Waals surface area contributed by atoms with Crippen molar-refractivity contribution in [3.05, 3.63) is 106 Å². The normalized spacial score (nSPS) is 21.7. The van der Waals surface area contributed by atoms with Crippen LogP contribution in [-0.2, 0) is 22.4 Å². The Morgan fingerprint density at radius 1 is 0.816 bits per heavy atom. The van der Waals surface area contributed by atoms with Crippen LogP contribution in [0.1, 0.15) is 48.8 Å². The Bertz CT molecular complexity index is 1220. The fourth-order valence-electron chi connectivity index (χ4n) is 5.95. The average Bonchev–Trinajstić information content (AvgIpc) is 2.93. The fraction of sp³-hybridized carbons (Fsp3) is 0.387. The lowest BCUT2D eigenvalue weighted by molar-refractivity contribution is -0.136. The Balaban J connectivity index is 0.00000336. The quantitative estimate of drug-likeness (QED) is 0.336. The van der Waals surface area contributed by atoms with Crippen LogP contribution in [0.3, 0.4) is 0 Å². The number of amides is 1. The van der Waals surface area contributed by atoms with E-state index in [1.165, 1.54) is 0 Å². The molecule has 0 spiro atoms. The molecule has 202 valence electrons. The van der Waals surface area contributed by atoms with Crippen LogP contribution in [0.2, 0.25) is 10.0 Å². The van der Waals surface area contributed by atoms with Crippen LogP contribution >= 0.6 is 35.6 Å². The van der Waals surface area contributed by atoms with Gasteiger partial charge in [0.25, 0.3) is 0 Å². The first-order chi connectivity index (χ1) is 17.9. The van der Waals surface area contributed by atoms with Crippen molar-refractivity contribution >= 4 is 41.5 Å². The number of hydrogen-bond acceptors (Lipinski definition) is 3. The Kier molecular flexibility index (Phi) is 9.44. The number of rotatable bonds is 7. The van der Waals surface area contributed by atoms with E-state index in [4.69, 9.17) is 23.2 Å². The maximum atomic E-state index is 13.0. The van der Waals surface area contributed by atoms with E-state index in [2.05, 4.69) is 23.1 Å². The van der Waals surface area contributed by atoms with Gasteiger partial charge in [-0.25, -0.2) is 0 Å². The molecule has 2 aliphatic heterocycles. The average molecular weight is 574 g/mol. The van der Waals surface area contributed by atoms with Gasteiger partial charge in [0.05, 0.1) is 15.6 Å². The number of piperidine rings is 2. The molecule has 0 bridgehead atoms. The molecule has 2 aliphatic rings. The van der Waals surface area contributed by atoms with Crippen molar-refractivity contribution in [2.75, 3.05) is 26.2 Å². The molecule has 38 heavy (non-hydrogen) atoms. The molecule has 3 aromatic rings. The van der Waals surface area contributed by atoms with Crippen LogP contribution in [0.25, 0.3) is 0 Å². The number of benzene rings is 3. The van der Waals surface area contributed by atoms with Gasteiger partial charge in [0, 0.05) is 38.0 Å².